The molecule has 19 heavy (non-hydrogen) atoms. The number of fused-ring (bicyclic) bond motifs is 2. The average Bonchev–Trinajstić information content (AvgIpc) is 2.76. The van der Waals surface area contributed by atoms with E-state index in [0.717, 1.165) is 25.1 Å². The molecule has 1 N–H and O–H groups in total. The van der Waals surface area contributed by atoms with E-state index in [1.807, 2.05) is 0 Å². The van der Waals surface area contributed by atoms with Crippen molar-refractivity contribution in [3.63, 3.8) is 0 Å². The molecule has 2 bridgehead atoms. The van der Waals surface area contributed by atoms with Crippen molar-refractivity contribution in [1.82, 2.24) is 5.32 Å². The Bertz CT molecular complexity index is 397. The van der Waals surface area contributed by atoms with Gasteiger partial charge < -0.3 is 10.1 Å². The van der Waals surface area contributed by atoms with E-state index in [4.69, 9.17) is 4.74 Å². The van der Waals surface area contributed by atoms with E-state index in [9.17, 15) is 0 Å². The molecule has 2 aliphatic rings. The van der Waals surface area contributed by atoms with Crippen molar-refractivity contribution in [3.8, 4) is 0 Å². The van der Waals surface area contributed by atoms with Gasteiger partial charge in [0.1, 0.15) is 0 Å². The number of aryl methyl sites for hydroxylation is 1. The van der Waals surface area contributed by atoms with Gasteiger partial charge in [-0.05, 0) is 43.2 Å². The second-order valence-corrected chi connectivity index (χ2v) is 5.66. The number of halogens is 1. The minimum Gasteiger partial charge on any atom is -0.373 e. The smallest absolute Gasteiger partial charge is 0.0723 e. The molecule has 1 unspecified atom stereocenters. The number of piperidine rings is 1. The van der Waals surface area contributed by atoms with E-state index < -0.39 is 0 Å². The molecule has 0 spiro atoms. The molecule has 2 nitrogen and oxygen atoms in total. The van der Waals surface area contributed by atoms with Crippen LogP contribution in [0, 0.1) is 0 Å². The lowest BCUT2D eigenvalue weighted by Crippen LogP contribution is -2.41. The van der Waals surface area contributed by atoms with Crippen molar-refractivity contribution in [2.75, 3.05) is 0 Å². The Morgan fingerprint density at radius 1 is 1.11 bits per heavy atom. The molecule has 106 valence electrons. The molecule has 2 heterocycles. The van der Waals surface area contributed by atoms with Crippen molar-refractivity contribution in [2.45, 2.75) is 63.8 Å². The zero-order chi connectivity index (χ0) is 12.4. The van der Waals surface area contributed by atoms with Crippen LogP contribution in [0.4, 0.5) is 0 Å². The van der Waals surface area contributed by atoms with Crippen LogP contribution in [-0.2, 0) is 17.8 Å². The fraction of sp³-hybridized carbons (Fsp3) is 0.625. The number of nitrogens with one attached hydrogen (secondary N) is 1. The van der Waals surface area contributed by atoms with E-state index in [-0.39, 0.29) is 12.4 Å². The summed E-state index contributed by atoms with van der Waals surface area (Å²) >= 11 is 0. The fourth-order valence-corrected chi connectivity index (χ4v) is 3.39. The van der Waals surface area contributed by atoms with Crippen LogP contribution in [0.1, 0.15) is 43.7 Å². The Morgan fingerprint density at radius 2 is 1.74 bits per heavy atom. The zero-order valence-electron chi connectivity index (χ0n) is 11.6. The minimum atomic E-state index is 0. The summed E-state index contributed by atoms with van der Waals surface area (Å²) < 4.78 is 6.15. The Kier molecular flexibility index (Phi) is 5.26. The standard InChI is InChI=1S/C16H23NO.ClH/c1-2-12-5-3-4-6-13(12)11-18-16-9-14-7-8-15(10-16)17-14;/h3-6,14-17H,2,7-11H2,1H3;1H/t14-,15+,16?;. The van der Waals surface area contributed by atoms with E-state index in [2.05, 4.69) is 36.5 Å². The molecule has 0 radical (unpaired) electrons. The van der Waals surface area contributed by atoms with Gasteiger partial charge in [-0.2, -0.15) is 0 Å². The number of ether oxygens (including phenoxy) is 1. The molecule has 0 saturated carbocycles. The summed E-state index contributed by atoms with van der Waals surface area (Å²) in [5.41, 5.74) is 2.79. The molecule has 2 saturated heterocycles. The molecule has 0 aliphatic carbocycles. The van der Waals surface area contributed by atoms with Crippen molar-refractivity contribution in [3.05, 3.63) is 35.4 Å². The Morgan fingerprint density at radius 3 is 2.37 bits per heavy atom. The van der Waals surface area contributed by atoms with Gasteiger partial charge in [0.15, 0.2) is 0 Å². The molecule has 2 aliphatic heterocycles. The van der Waals surface area contributed by atoms with Gasteiger partial charge in [0.25, 0.3) is 0 Å². The second kappa shape index (κ2) is 6.74. The molecule has 0 aromatic heterocycles. The third-order valence-electron chi connectivity index (χ3n) is 4.40. The van der Waals surface area contributed by atoms with Crippen molar-refractivity contribution in [1.29, 1.82) is 0 Å². The summed E-state index contributed by atoms with van der Waals surface area (Å²) in [6, 6.07) is 10.1. The first kappa shape index (κ1) is 14.8. The summed E-state index contributed by atoms with van der Waals surface area (Å²) in [4.78, 5) is 0. The van der Waals surface area contributed by atoms with Crippen LogP contribution in [0.15, 0.2) is 24.3 Å². The van der Waals surface area contributed by atoms with E-state index >= 15 is 0 Å². The maximum Gasteiger partial charge on any atom is 0.0723 e. The predicted octanol–water partition coefficient (Wildman–Crippen LogP) is 3.47. The van der Waals surface area contributed by atoms with Crippen molar-refractivity contribution >= 4 is 12.4 Å². The van der Waals surface area contributed by atoms with Gasteiger partial charge in [-0.15, -0.1) is 12.4 Å². The molecule has 3 heteroatoms. The fourth-order valence-electron chi connectivity index (χ4n) is 3.39. The van der Waals surface area contributed by atoms with Crippen LogP contribution in [0.3, 0.4) is 0 Å². The highest BCUT2D eigenvalue weighted by atomic mass is 35.5. The van der Waals surface area contributed by atoms with Gasteiger partial charge in [-0.1, -0.05) is 31.2 Å². The highest BCUT2D eigenvalue weighted by molar-refractivity contribution is 5.85. The quantitative estimate of drug-likeness (QED) is 0.912. The first-order valence-electron chi connectivity index (χ1n) is 7.29. The van der Waals surface area contributed by atoms with Crippen LogP contribution in [0.2, 0.25) is 0 Å². The average molecular weight is 282 g/mol. The summed E-state index contributed by atoms with van der Waals surface area (Å²) in [5, 5.41) is 3.66. The van der Waals surface area contributed by atoms with Gasteiger partial charge in [0.05, 0.1) is 12.7 Å². The van der Waals surface area contributed by atoms with Gasteiger partial charge in [0, 0.05) is 12.1 Å². The van der Waals surface area contributed by atoms with Gasteiger partial charge in [0.2, 0.25) is 0 Å². The first-order chi connectivity index (χ1) is 8.85. The van der Waals surface area contributed by atoms with E-state index in [1.54, 1.807) is 0 Å². The zero-order valence-corrected chi connectivity index (χ0v) is 12.4. The molecule has 0 amide bonds. The predicted molar refractivity (Wildman–Crippen MR) is 80.8 cm³/mol. The monoisotopic (exact) mass is 281 g/mol. The number of rotatable bonds is 4. The normalized spacial score (nSPS) is 29.0. The Labute approximate surface area is 122 Å². The topological polar surface area (TPSA) is 21.3 Å². The van der Waals surface area contributed by atoms with Crippen LogP contribution in [0.5, 0.6) is 0 Å². The minimum absolute atomic E-state index is 0. The maximum atomic E-state index is 6.15. The second-order valence-electron chi connectivity index (χ2n) is 5.66. The number of hydrogen-bond donors (Lipinski definition) is 1. The van der Waals surface area contributed by atoms with Crippen LogP contribution >= 0.6 is 12.4 Å². The lowest BCUT2D eigenvalue weighted by molar-refractivity contribution is 0.00889. The van der Waals surface area contributed by atoms with Gasteiger partial charge in [-0.25, -0.2) is 0 Å². The van der Waals surface area contributed by atoms with Gasteiger partial charge in [-0.3, -0.25) is 0 Å². The molecular weight excluding hydrogens is 258 g/mol. The summed E-state index contributed by atoms with van der Waals surface area (Å²) in [6.45, 7) is 3.00. The number of hydrogen-bond acceptors (Lipinski definition) is 2. The molecular formula is C16H24ClNO. The highest BCUT2D eigenvalue weighted by Gasteiger charge is 2.33. The lowest BCUT2D eigenvalue weighted by atomic mass is 10.0. The Balaban J connectivity index is 0.00000133. The maximum absolute atomic E-state index is 6.15. The van der Waals surface area contributed by atoms with E-state index in [0.29, 0.717) is 6.10 Å². The van der Waals surface area contributed by atoms with Crippen molar-refractivity contribution in [2.24, 2.45) is 0 Å². The van der Waals surface area contributed by atoms with Crippen LogP contribution in [0.25, 0.3) is 0 Å². The summed E-state index contributed by atoms with van der Waals surface area (Å²) in [5.74, 6) is 0. The van der Waals surface area contributed by atoms with Crippen molar-refractivity contribution < 1.29 is 4.74 Å². The third kappa shape index (κ3) is 3.50. The SMILES string of the molecule is CCc1ccccc1COC1C[C@H]2CC[C@@H](C1)N2.Cl. The Hall–Kier alpha value is -0.570. The third-order valence-corrected chi connectivity index (χ3v) is 4.40. The summed E-state index contributed by atoms with van der Waals surface area (Å²) in [6.07, 6.45) is 6.65. The lowest BCUT2D eigenvalue weighted by Gasteiger charge is -2.29. The largest absolute Gasteiger partial charge is 0.373 e. The van der Waals surface area contributed by atoms with E-state index in [1.165, 1.54) is 36.8 Å². The molecule has 1 aromatic carbocycles. The first-order valence-corrected chi connectivity index (χ1v) is 7.29. The molecule has 1 aromatic rings. The van der Waals surface area contributed by atoms with Gasteiger partial charge >= 0.3 is 0 Å². The van der Waals surface area contributed by atoms with Crippen LogP contribution < -0.4 is 5.32 Å². The highest BCUT2D eigenvalue weighted by Crippen LogP contribution is 2.29. The molecule has 3 rings (SSSR count). The summed E-state index contributed by atoms with van der Waals surface area (Å²) in [7, 11) is 0. The molecule has 3 atom stereocenters. The number of benzene rings is 1. The molecule has 2 fully saturated rings. The van der Waals surface area contributed by atoms with Crippen LogP contribution in [-0.4, -0.2) is 18.2 Å².